The number of piperidine rings is 1. The average molecular weight is 424 g/mol. The summed E-state index contributed by atoms with van der Waals surface area (Å²) in [5.74, 6) is -0.541. The van der Waals surface area contributed by atoms with Crippen LogP contribution in [0.4, 0.5) is 13.2 Å². The van der Waals surface area contributed by atoms with Gasteiger partial charge in [0.1, 0.15) is 5.75 Å². The van der Waals surface area contributed by atoms with Crippen molar-refractivity contribution in [2.24, 2.45) is 0 Å². The zero-order valence-electron chi connectivity index (χ0n) is 16.2. The van der Waals surface area contributed by atoms with Crippen molar-refractivity contribution in [2.75, 3.05) is 26.5 Å². The van der Waals surface area contributed by atoms with Gasteiger partial charge in [0.05, 0.1) is 23.8 Å². The van der Waals surface area contributed by atoms with E-state index in [0.717, 1.165) is 48.8 Å². The number of carbonyl (C=O) groups is 1. The number of benzene rings is 2. The minimum Gasteiger partial charge on any atom is -0.496 e. The number of halogens is 3. The Hall–Kier alpha value is -2.19. The molecule has 2 N–H and O–H groups in total. The molecule has 1 aliphatic rings. The quantitative estimate of drug-likeness (QED) is 0.697. The largest absolute Gasteiger partial charge is 0.496 e. The van der Waals surface area contributed by atoms with Crippen LogP contribution in [0.5, 0.6) is 5.75 Å². The summed E-state index contributed by atoms with van der Waals surface area (Å²) in [6.07, 6.45) is -1.28. The summed E-state index contributed by atoms with van der Waals surface area (Å²) in [5.41, 5.74) is -0.404. The van der Waals surface area contributed by atoms with Gasteiger partial charge in [0, 0.05) is 11.4 Å². The van der Waals surface area contributed by atoms with Gasteiger partial charge in [-0.3, -0.25) is 4.79 Å². The zero-order chi connectivity index (χ0) is 21.1. The number of ether oxygens (including phenoxy) is 1. The highest BCUT2D eigenvalue weighted by atomic mass is 32.2. The maximum Gasteiger partial charge on any atom is 0.416 e. The van der Waals surface area contributed by atoms with Crippen LogP contribution in [0.1, 0.15) is 34.3 Å². The van der Waals surface area contributed by atoms with E-state index in [4.69, 9.17) is 4.74 Å². The molecule has 2 aromatic carbocycles. The van der Waals surface area contributed by atoms with Crippen molar-refractivity contribution in [2.45, 2.75) is 29.5 Å². The topological polar surface area (TPSA) is 50.4 Å². The molecule has 1 saturated heterocycles. The first-order chi connectivity index (χ1) is 13.8. The van der Waals surface area contributed by atoms with Gasteiger partial charge < -0.3 is 15.4 Å². The van der Waals surface area contributed by atoms with Gasteiger partial charge in [-0.25, -0.2) is 0 Å². The second kappa shape index (κ2) is 8.67. The Labute approximate surface area is 172 Å². The number of rotatable bonds is 5. The molecule has 1 atom stereocenters. The Morgan fingerprint density at radius 2 is 1.97 bits per heavy atom. The molecule has 29 heavy (non-hydrogen) atoms. The first-order valence-electron chi connectivity index (χ1n) is 9.23. The number of amides is 1. The lowest BCUT2D eigenvalue weighted by Crippen LogP contribution is -2.55. The number of nitrogens with one attached hydrogen (secondary N) is 2. The maximum atomic E-state index is 13.3. The fourth-order valence-corrected chi connectivity index (χ4v) is 4.31. The third-order valence-corrected chi connectivity index (χ3v) is 5.89. The summed E-state index contributed by atoms with van der Waals surface area (Å²) in [6, 6.07) is 11.5. The minimum atomic E-state index is -4.52. The normalized spacial score (nSPS) is 19.6. The number of alkyl halides is 3. The molecule has 156 valence electrons. The van der Waals surface area contributed by atoms with Gasteiger partial charge in [0.15, 0.2) is 0 Å². The van der Waals surface area contributed by atoms with Crippen LogP contribution in [-0.2, 0) is 11.7 Å². The van der Waals surface area contributed by atoms with Gasteiger partial charge in [-0.1, -0.05) is 30.3 Å². The highest BCUT2D eigenvalue weighted by Gasteiger charge is 2.38. The van der Waals surface area contributed by atoms with Crippen molar-refractivity contribution in [1.82, 2.24) is 10.6 Å². The lowest BCUT2D eigenvalue weighted by Gasteiger charge is -2.39. The third-order valence-electron chi connectivity index (χ3n) is 5.12. The number of carbonyl (C=O) groups excluding carboxylic acids is 1. The number of methoxy groups -OCH3 is 1. The fraction of sp³-hybridized carbons (Fsp3) is 0.381. The molecular weight excluding hydrogens is 401 g/mol. The van der Waals surface area contributed by atoms with Crippen molar-refractivity contribution < 1.29 is 22.7 Å². The van der Waals surface area contributed by atoms with Gasteiger partial charge in [0.2, 0.25) is 0 Å². The molecule has 2 aromatic rings. The van der Waals surface area contributed by atoms with Gasteiger partial charge in [0.25, 0.3) is 5.91 Å². The Balaban J connectivity index is 2.03. The van der Waals surface area contributed by atoms with Crippen LogP contribution in [0, 0.1) is 0 Å². The van der Waals surface area contributed by atoms with E-state index >= 15 is 0 Å². The molecule has 0 unspecified atom stereocenters. The van der Waals surface area contributed by atoms with Crippen LogP contribution in [0.3, 0.4) is 0 Å². The summed E-state index contributed by atoms with van der Waals surface area (Å²) in [4.78, 5) is 13.5. The molecule has 4 nitrogen and oxygen atoms in total. The van der Waals surface area contributed by atoms with E-state index in [1.54, 1.807) is 6.26 Å². The Morgan fingerprint density at radius 1 is 1.24 bits per heavy atom. The fourth-order valence-electron chi connectivity index (χ4n) is 3.67. The summed E-state index contributed by atoms with van der Waals surface area (Å²) >= 11 is 1.08. The lowest BCUT2D eigenvalue weighted by atomic mass is 9.82. The van der Waals surface area contributed by atoms with E-state index in [1.165, 1.54) is 7.11 Å². The SMILES string of the molecule is COc1cc(C(F)(F)F)cc(SC)c1C(=O)N[C@]1(c2ccccc2)CCCNC1. The average Bonchev–Trinajstić information content (AvgIpc) is 2.73. The molecule has 1 aliphatic heterocycles. The smallest absolute Gasteiger partial charge is 0.416 e. The third kappa shape index (κ3) is 4.53. The predicted molar refractivity (Wildman–Crippen MR) is 107 cm³/mol. The summed E-state index contributed by atoms with van der Waals surface area (Å²) in [6.45, 7) is 1.39. The molecular formula is C21H23F3N2O2S. The van der Waals surface area contributed by atoms with Crippen LogP contribution in [0.15, 0.2) is 47.4 Å². The Morgan fingerprint density at radius 3 is 2.52 bits per heavy atom. The molecule has 3 rings (SSSR count). The molecule has 0 radical (unpaired) electrons. The molecule has 0 aliphatic carbocycles. The van der Waals surface area contributed by atoms with E-state index in [9.17, 15) is 18.0 Å². The molecule has 0 aromatic heterocycles. The molecule has 0 bridgehead atoms. The molecule has 1 amide bonds. The monoisotopic (exact) mass is 424 g/mol. The zero-order valence-corrected chi connectivity index (χ0v) is 17.0. The Kier molecular flexibility index (Phi) is 6.43. The van der Waals surface area contributed by atoms with Crippen LogP contribution < -0.4 is 15.4 Å². The predicted octanol–water partition coefficient (Wildman–Crippen LogP) is 4.44. The number of hydrogen-bond acceptors (Lipinski definition) is 4. The molecule has 1 heterocycles. The number of hydrogen-bond donors (Lipinski definition) is 2. The highest BCUT2D eigenvalue weighted by molar-refractivity contribution is 7.98. The van der Waals surface area contributed by atoms with Gasteiger partial charge in [-0.15, -0.1) is 11.8 Å². The second-order valence-electron chi connectivity index (χ2n) is 6.94. The van der Waals surface area contributed by atoms with Crippen molar-refractivity contribution in [3.8, 4) is 5.75 Å². The second-order valence-corrected chi connectivity index (χ2v) is 7.78. The molecule has 1 fully saturated rings. The van der Waals surface area contributed by atoms with E-state index in [-0.39, 0.29) is 16.2 Å². The molecule has 0 spiro atoms. The standard InChI is InChI=1S/C21H23F3N2O2S/c1-28-16-11-15(21(22,23)24)12-17(29-2)18(16)19(27)26-20(9-6-10-25-13-20)14-7-4-3-5-8-14/h3-5,7-8,11-12,25H,6,9-10,13H2,1-2H3,(H,26,27)/t20-/m1/s1. The summed E-state index contributed by atoms with van der Waals surface area (Å²) in [5, 5.41) is 6.41. The van der Waals surface area contributed by atoms with E-state index in [1.807, 2.05) is 30.3 Å². The first kappa shape index (κ1) is 21.5. The Bertz CT molecular complexity index is 841. The van der Waals surface area contributed by atoms with E-state index in [2.05, 4.69) is 10.6 Å². The summed E-state index contributed by atoms with van der Waals surface area (Å²) < 4.78 is 44.9. The van der Waals surface area contributed by atoms with Gasteiger partial charge in [-0.2, -0.15) is 13.2 Å². The van der Waals surface area contributed by atoms with E-state index < -0.39 is 23.2 Å². The molecule has 0 saturated carbocycles. The lowest BCUT2D eigenvalue weighted by molar-refractivity contribution is -0.137. The van der Waals surface area contributed by atoms with Crippen LogP contribution in [-0.4, -0.2) is 32.4 Å². The minimum absolute atomic E-state index is 0.0892. The van der Waals surface area contributed by atoms with Crippen molar-refractivity contribution >= 4 is 17.7 Å². The van der Waals surface area contributed by atoms with Crippen LogP contribution >= 0.6 is 11.8 Å². The van der Waals surface area contributed by atoms with E-state index in [0.29, 0.717) is 6.54 Å². The van der Waals surface area contributed by atoms with Crippen molar-refractivity contribution in [3.05, 3.63) is 59.2 Å². The van der Waals surface area contributed by atoms with Crippen molar-refractivity contribution in [3.63, 3.8) is 0 Å². The van der Waals surface area contributed by atoms with Gasteiger partial charge >= 0.3 is 6.18 Å². The molecule has 8 heteroatoms. The first-order valence-corrected chi connectivity index (χ1v) is 10.5. The highest BCUT2D eigenvalue weighted by Crippen LogP contribution is 2.39. The van der Waals surface area contributed by atoms with Gasteiger partial charge in [-0.05, 0) is 43.3 Å². The van der Waals surface area contributed by atoms with Crippen molar-refractivity contribution in [1.29, 1.82) is 0 Å². The summed E-state index contributed by atoms with van der Waals surface area (Å²) in [7, 11) is 1.27. The van der Waals surface area contributed by atoms with Crippen LogP contribution in [0.2, 0.25) is 0 Å². The maximum absolute atomic E-state index is 13.3. The number of thioether (sulfide) groups is 1. The van der Waals surface area contributed by atoms with Crippen LogP contribution in [0.25, 0.3) is 0 Å².